The number of carbonyl (C=O) groups is 1. The lowest BCUT2D eigenvalue weighted by atomic mass is 10.0. The molecule has 0 bridgehead atoms. The van der Waals surface area contributed by atoms with Crippen molar-refractivity contribution in [2.45, 2.75) is 13.0 Å². The van der Waals surface area contributed by atoms with E-state index in [1.807, 2.05) is 60.7 Å². The zero-order valence-corrected chi connectivity index (χ0v) is 15.4. The van der Waals surface area contributed by atoms with E-state index in [9.17, 15) is 4.79 Å². The van der Waals surface area contributed by atoms with Crippen LogP contribution in [0.15, 0.2) is 65.8 Å². The van der Waals surface area contributed by atoms with Gasteiger partial charge in [0.25, 0.3) is 0 Å². The van der Waals surface area contributed by atoms with Crippen LogP contribution in [0, 0.1) is 0 Å². The summed E-state index contributed by atoms with van der Waals surface area (Å²) in [4.78, 5) is 21.9. The summed E-state index contributed by atoms with van der Waals surface area (Å²) in [5.41, 5.74) is 7.17. The van der Waals surface area contributed by atoms with E-state index in [-0.39, 0.29) is 23.3 Å². The molecule has 27 heavy (non-hydrogen) atoms. The van der Waals surface area contributed by atoms with Gasteiger partial charge >= 0.3 is 5.97 Å². The van der Waals surface area contributed by atoms with Gasteiger partial charge in [0.15, 0.2) is 11.2 Å². The second-order valence-corrected chi connectivity index (χ2v) is 6.20. The minimum Gasteiger partial charge on any atom is -0.448 e. The van der Waals surface area contributed by atoms with Crippen LogP contribution in [-0.2, 0) is 14.4 Å². The summed E-state index contributed by atoms with van der Waals surface area (Å²) in [6, 6.07) is 18.9. The normalized spacial score (nSPS) is 11.4. The van der Waals surface area contributed by atoms with Gasteiger partial charge in [0, 0.05) is 11.5 Å². The summed E-state index contributed by atoms with van der Waals surface area (Å²) in [7, 11) is 0. The maximum absolute atomic E-state index is 12.9. The first-order valence-electron chi connectivity index (χ1n) is 8.29. The fourth-order valence-corrected chi connectivity index (χ4v) is 2.81. The van der Waals surface area contributed by atoms with Gasteiger partial charge in [-0.3, -0.25) is 0 Å². The molecular formula is C19H18N4O3S. The molecule has 0 saturated heterocycles. The molecule has 0 aliphatic heterocycles. The number of benzene rings is 2. The molecule has 0 unspecified atom stereocenters. The van der Waals surface area contributed by atoms with Crippen LogP contribution in [0.1, 0.15) is 30.0 Å². The molecule has 0 aliphatic rings. The van der Waals surface area contributed by atoms with E-state index < -0.39 is 12.1 Å². The molecule has 3 rings (SSSR count). The summed E-state index contributed by atoms with van der Waals surface area (Å²) in [5, 5.41) is 4.06. The SMILES string of the molecule is CCO/N=C(\C(=O)OC(c1ccccc1)c1ccccc1)c1nsc(N)n1. The number of hydrogen-bond acceptors (Lipinski definition) is 8. The number of rotatable bonds is 7. The molecule has 0 aliphatic carbocycles. The van der Waals surface area contributed by atoms with Gasteiger partial charge in [-0.1, -0.05) is 65.8 Å². The van der Waals surface area contributed by atoms with Gasteiger partial charge in [-0.25, -0.2) is 4.79 Å². The molecule has 0 saturated carbocycles. The first kappa shape index (κ1) is 18.5. The maximum atomic E-state index is 12.9. The number of nitrogen functional groups attached to an aromatic ring is 1. The summed E-state index contributed by atoms with van der Waals surface area (Å²) in [6.07, 6.45) is -0.609. The quantitative estimate of drug-likeness (QED) is 0.383. The number of carbonyl (C=O) groups excluding carboxylic acids is 1. The summed E-state index contributed by atoms with van der Waals surface area (Å²) in [6.45, 7) is 2.04. The van der Waals surface area contributed by atoms with Crippen molar-refractivity contribution in [2.24, 2.45) is 5.16 Å². The number of aromatic nitrogens is 2. The fourth-order valence-electron chi connectivity index (χ4n) is 2.38. The van der Waals surface area contributed by atoms with Crippen molar-refractivity contribution >= 4 is 28.3 Å². The van der Waals surface area contributed by atoms with Crippen molar-refractivity contribution in [2.75, 3.05) is 12.3 Å². The van der Waals surface area contributed by atoms with E-state index in [0.717, 1.165) is 22.7 Å². The molecule has 2 N–H and O–H groups in total. The first-order valence-corrected chi connectivity index (χ1v) is 9.06. The third-order valence-electron chi connectivity index (χ3n) is 3.56. The molecule has 1 aromatic heterocycles. The summed E-state index contributed by atoms with van der Waals surface area (Å²) < 4.78 is 9.82. The lowest BCUT2D eigenvalue weighted by Gasteiger charge is -2.18. The van der Waals surface area contributed by atoms with Crippen molar-refractivity contribution < 1.29 is 14.4 Å². The number of nitrogens with two attached hydrogens (primary N) is 1. The van der Waals surface area contributed by atoms with Crippen molar-refractivity contribution in [1.82, 2.24) is 9.36 Å². The molecule has 0 amide bonds. The smallest absolute Gasteiger partial charge is 0.365 e. The standard InChI is InChI=1S/C19H18N4O3S/c1-2-25-22-15(17-21-19(20)27-23-17)18(24)26-16(13-9-5-3-6-10-13)14-11-7-4-8-12-14/h3-12,16H,2H2,1H3,(H2,20,21,23)/b22-15-. The van der Waals surface area contributed by atoms with Gasteiger partial charge in [-0.05, 0) is 18.1 Å². The zero-order valence-electron chi connectivity index (χ0n) is 14.6. The van der Waals surface area contributed by atoms with Gasteiger partial charge in [0.1, 0.15) is 6.61 Å². The monoisotopic (exact) mass is 382 g/mol. The Morgan fingerprint density at radius 2 is 1.70 bits per heavy atom. The molecule has 0 spiro atoms. The van der Waals surface area contributed by atoms with E-state index in [1.54, 1.807) is 6.92 Å². The molecular weight excluding hydrogens is 364 g/mol. The molecule has 3 aromatic rings. The molecule has 0 radical (unpaired) electrons. The van der Waals surface area contributed by atoms with Crippen LogP contribution >= 0.6 is 11.5 Å². The van der Waals surface area contributed by atoms with E-state index in [0.29, 0.717) is 0 Å². The van der Waals surface area contributed by atoms with Gasteiger partial charge in [0.05, 0.1) is 0 Å². The third kappa shape index (κ3) is 4.68. The number of nitrogens with zero attached hydrogens (tertiary/aromatic N) is 3. The average Bonchev–Trinajstić information content (AvgIpc) is 3.13. The van der Waals surface area contributed by atoms with Crippen LogP contribution in [0.2, 0.25) is 0 Å². The highest BCUT2D eigenvalue weighted by Crippen LogP contribution is 2.26. The molecule has 7 nitrogen and oxygen atoms in total. The highest BCUT2D eigenvalue weighted by molar-refractivity contribution is 7.09. The highest BCUT2D eigenvalue weighted by atomic mass is 32.1. The number of oxime groups is 1. The molecule has 0 atom stereocenters. The maximum Gasteiger partial charge on any atom is 0.365 e. The van der Waals surface area contributed by atoms with Crippen molar-refractivity contribution in [3.63, 3.8) is 0 Å². The minimum absolute atomic E-state index is 0.0795. The largest absolute Gasteiger partial charge is 0.448 e. The van der Waals surface area contributed by atoms with Crippen LogP contribution < -0.4 is 5.73 Å². The number of anilines is 1. The van der Waals surface area contributed by atoms with Gasteiger partial charge in [0.2, 0.25) is 11.5 Å². The Balaban J connectivity index is 1.93. The predicted octanol–water partition coefficient (Wildman–Crippen LogP) is 3.19. The average molecular weight is 382 g/mol. The van der Waals surface area contributed by atoms with E-state index in [2.05, 4.69) is 14.5 Å². The fraction of sp³-hybridized carbons (Fsp3) is 0.158. The molecule has 1 heterocycles. The summed E-state index contributed by atoms with van der Waals surface area (Å²) in [5.74, 6) is -0.616. The van der Waals surface area contributed by atoms with Crippen LogP contribution in [0.4, 0.5) is 5.13 Å². The second-order valence-electron chi connectivity index (χ2n) is 5.42. The number of hydrogen-bond donors (Lipinski definition) is 1. The Hall–Kier alpha value is -3.26. The Labute approximate surface area is 160 Å². The van der Waals surface area contributed by atoms with Crippen LogP contribution in [0.25, 0.3) is 0 Å². The van der Waals surface area contributed by atoms with Gasteiger partial charge in [-0.2, -0.15) is 9.36 Å². The number of ether oxygens (including phenoxy) is 1. The molecule has 138 valence electrons. The third-order valence-corrected chi connectivity index (χ3v) is 4.10. The van der Waals surface area contributed by atoms with Crippen LogP contribution in [0.3, 0.4) is 0 Å². The van der Waals surface area contributed by atoms with Gasteiger partial charge in [-0.15, -0.1) is 0 Å². The highest BCUT2D eigenvalue weighted by Gasteiger charge is 2.26. The Kier molecular flexibility index (Phi) is 6.11. The van der Waals surface area contributed by atoms with E-state index >= 15 is 0 Å². The van der Waals surface area contributed by atoms with E-state index in [1.165, 1.54) is 0 Å². The van der Waals surface area contributed by atoms with Gasteiger partial charge < -0.3 is 15.3 Å². The van der Waals surface area contributed by atoms with Crippen molar-refractivity contribution in [1.29, 1.82) is 0 Å². The Morgan fingerprint density at radius 3 is 2.19 bits per heavy atom. The second kappa shape index (κ2) is 8.91. The molecule has 8 heteroatoms. The number of esters is 1. The first-order chi connectivity index (χ1) is 13.2. The lowest BCUT2D eigenvalue weighted by Crippen LogP contribution is -2.23. The molecule has 2 aromatic carbocycles. The molecule has 0 fully saturated rings. The van der Waals surface area contributed by atoms with E-state index in [4.69, 9.17) is 15.3 Å². The van der Waals surface area contributed by atoms with Crippen molar-refractivity contribution in [3.8, 4) is 0 Å². The Morgan fingerprint density at radius 1 is 1.11 bits per heavy atom. The Bertz CT molecular complexity index is 873. The lowest BCUT2D eigenvalue weighted by molar-refractivity contribution is -0.139. The van der Waals surface area contributed by atoms with Crippen LogP contribution in [-0.4, -0.2) is 27.6 Å². The van der Waals surface area contributed by atoms with Crippen LogP contribution in [0.5, 0.6) is 0 Å². The minimum atomic E-state index is -0.695. The predicted molar refractivity (Wildman–Crippen MR) is 103 cm³/mol. The van der Waals surface area contributed by atoms with Crippen molar-refractivity contribution in [3.05, 3.63) is 77.6 Å². The zero-order chi connectivity index (χ0) is 19.1. The summed E-state index contributed by atoms with van der Waals surface area (Å²) >= 11 is 0.968. The topological polar surface area (TPSA) is 99.7 Å².